The van der Waals surface area contributed by atoms with E-state index in [1.165, 1.54) is 48.7 Å². The number of aliphatic hydroxyl groups is 1. The van der Waals surface area contributed by atoms with Crippen molar-refractivity contribution in [1.29, 1.82) is 0 Å². The molecule has 0 bridgehead atoms. The Balaban J connectivity index is 1.45. The van der Waals surface area contributed by atoms with Gasteiger partial charge in [-0.25, -0.2) is 4.98 Å². The number of fused-ring (bicyclic) bond motifs is 1. The van der Waals surface area contributed by atoms with Crippen LogP contribution in [0, 0.1) is 12.8 Å². The molecule has 2 aliphatic heterocycles. The Labute approximate surface area is 163 Å². The molecule has 0 aliphatic carbocycles. The molecule has 27 heavy (non-hydrogen) atoms. The van der Waals surface area contributed by atoms with Gasteiger partial charge in [0, 0.05) is 37.7 Å². The number of aromatic nitrogens is 1. The van der Waals surface area contributed by atoms with Crippen molar-refractivity contribution in [2.45, 2.75) is 52.0 Å². The Morgan fingerprint density at radius 3 is 2.67 bits per heavy atom. The van der Waals surface area contributed by atoms with Gasteiger partial charge in [-0.2, -0.15) is 0 Å². The molecule has 2 aliphatic rings. The van der Waals surface area contributed by atoms with Gasteiger partial charge in [-0.05, 0) is 80.8 Å². The third-order valence-electron chi connectivity index (χ3n) is 6.59. The van der Waals surface area contributed by atoms with Crippen molar-refractivity contribution in [2.24, 2.45) is 5.92 Å². The highest BCUT2D eigenvalue weighted by Gasteiger charge is 2.29. The molecule has 146 valence electrons. The molecule has 2 aromatic rings. The zero-order chi connectivity index (χ0) is 18.8. The molecule has 0 amide bonds. The number of rotatable bonds is 4. The maximum Gasteiger partial charge on any atom is 0.129 e. The summed E-state index contributed by atoms with van der Waals surface area (Å²) >= 11 is 0. The third-order valence-corrected chi connectivity index (χ3v) is 6.59. The summed E-state index contributed by atoms with van der Waals surface area (Å²) in [5.41, 5.74) is 3.82. The molecule has 1 N–H and O–H groups in total. The minimum atomic E-state index is 0.343. The van der Waals surface area contributed by atoms with E-state index in [4.69, 9.17) is 4.98 Å². The molecule has 1 atom stereocenters. The number of likely N-dealkylation sites (tertiary alicyclic amines) is 1. The molecule has 4 heteroatoms. The molecule has 3 heterocycles. The second-order valence-electron chi connectivity index (χ2n) is 8.41. The smallest absolute Gasteiger partial charge is 0.129 e. The van der Waals surface area contributed by atoms with Crippen LogP contribution in [-0.4, -0.2) is 53.8 Å². The van der Waals surface area contributed by atoms with Gasteiger partial charge in [-0.1, -0.05) is 13.0 Å². The van der Waals surface area contributed by atoms with E-state index in [-0.39, 0.29) is 0 Å². The Hall–Kier alpha value is -1.65. The lowest BCUT2D eigenvalue weighted by Crippen LogP contribution is -2.49. The van der Waals surface area contributed by atoms with E-state index >= 15 is 0 Å². The van der Waals surface area contributed by atoms with Crippen molar-refractivity contribution >= 4 is 16.7 Å². The SMILES string of the molecule is CCc1ccc2nc(N3CCC(N4CCCC(CO)C4)CC3)cc(C)c2c1. The van der Waals surface area contributed by atoms with Gasteiger partial charge < -0.3 is 10.0 Å². The molecule has 0 saturated carbocycles. The lowest BCUT2D eigenvalue weighted by Gasteiger charge is -2.42. The van der Waals surface area contributed by atoms with Crippen LogP contribution in [-0.2, 0) is 6.42 Å². The molecular weight excluding hydrogens is 334 g/mol. The lowest BCUT2D eigenvalue weighted by atomic mass is 9.94. The van der Waals surface area contributed by atoms with E-state index < -0.39 is 0 Å². The first-order valence-corrected chi connectivity index (χ1v) is 10.7. The van der Waals surface area contributed by atoms with Gasteiger partial charge in [0.1, 0.15) is 5.82 Å². The molecule has 1 aromatic carbocycles. The second-order valence-corrected chi connectivity index (χ2v) is 8.41. The molecule has 4 rings (SSSR count). The van der Waals surface area contributed by atoms with Crippen molar-refractivity contribution in [3.8, 4) is 0 Å². The van der Waals surface area contributed by atoms with E-state index in [0.717, 1.165) is 37.4 Å². The van der Waals surface area contributed by atoms with Gasteiger partial charge in [-0.15, -0.1) is 0 Å². The van der Waals surface area contributed by atoms with Crippen LogP contribution in [0.2, 0.25) is 0 Å². The lowest BCUT2D eigenvalue weighted by molar-refractivity contribution is 0.0777. The number of pyridine rings is 1. The number of hydrogen-bond acceptors (Lipinski definition) is 4. The fraction of sp³-hybridized carbons (Fsp3) is 0.609. The van der Waals surface area contributed by atoms with Crippen molar-refractivity contribution in [2.75, 3.05) is 37.7 Å². The summed E-state index contributed by atoms with van der Waals surface area (Å²) in [5, 5.41) is 10.8. The maximum atomic E-state index is 9.50. The van der Waals surface area contributed by atoms with Crippen LogP contribution in [0.15, 0.2) is 24.3 Å². The summed E-state index contributed by atoms with van der Waals surface area (Å²) in [6, 6.07) is 9.62. The average molecular weight is 368 g/mol. The van der Waals surface area contributed by atoms with Crippen LogP contribution < -0.4 is 4.90 Å². The maximum absolute atomic E-state index is 9.50. The van der Waals surface area contributed by atoms with Crippen molar-refractivity contribution in [1.82, 2.24) is 9.88 Å². The summed E-state index contributed by atoms with van der Waals surface area (Å²) in [6.45, 7) is 9.19. The Morgan fingerprint density at radius 2 is 1.93 bits per heavy atom. The van der Waals surface area contributed by atoms with Gasteiger partial charge in [0.15, 0.2) is 0 Å². The van der Waals surface area contributed by atoms with Crippen molar-refractivity contribution in [3.05, 3.63) is 35.4 Å². The average Bonchev–Trinajstić information content (AvgIpc) is 2.73. The van der Waals surface area contributed by atoms with Gasteiger partial charge in [0.2, 0.25) is 0 Å². The van der Waals surface area contributed by atoms with Crippen LogP contribution >= 0.6 is 0 Å². The minimum Gasteiger partial charge on any atom is -0.396 e. The summed E-state index contributed by atoms with van der Waals surface area (Å²) < 4.78 is 0. The van der Waals surface area contributed by atoms with E-state index in [1.54, 1.807) is 0 Å². The molecule has 4 nitrogen and oxygen atoms in total. The van der Waals surface area contributed by atoms with Crippen molar-refractivity contribution < 1.29 is 5.11 Å². The van der Waals surface area contributed by atoms with Crippen LogP contribution in [0.4, 0.5) is 5.82 Å². The largest absolute Gasteiger partial charge is 0.396 e. The summed E-state index contributed by atoms with van der Waals surface area (Å²) in [4.78, 5) is 10.1. The van der Waals surface area contributed by atoms with E-state index in [1.807, 2.05) is 0 Å². The summed E-state index contributed by atoms with van der Waals surface area (Å²) in [6.07, 6.45) is 5.89. The molecule has 2 saturated heterocycles. The van der Waals surface area contributed by atoms with Gasteiger partial charge >= 0.3 is 0 Å². The zero-order valence-electron chi connectivity index (χ0n) is 16.8. The molecule has 0 radical (unpaired) electrons. The number of hydrogen-bond donors (Lipinski definition) is 1. The Morgan fingerprint density at radius 1 is 1.11 bits per heavy atom. The van der Waals surface area contributed by atoms with E-state index in [9.17, 15) is 5.11 Å². The zero-order valence-corrected chi connectivity index (χ0v) is 16.8. The molecular formula is C23H33N3O. The number of nitrogens with zero attached hydrogens (tertiary/aromatic N) is 3. The molecule has 1 unspecified atom stereocenters. The topological polar surface area (TPSA) is 39.6 Å². The number of piperidine rings is 2. The second kappa shape index (κ2) is 8.15. The molecule has 1 aromatic heterocycles. The van der Waals surface area contributed by atoms with Crippen LogP contribution in [0.3, 0.4) is 0 Å². The van der Waals surface area contributed by atoms with E-state index in [0.29, 0.717) is 18.6 Å². The highest BCUT2D eigenvalue weighted by Crippen LogP contribution is 2.28. The van der Waals surface area contributed by atoms with Gasteiger partial charge in [0.05, 0.1) is 5.52 Å². The Bertz CT molecular complexity index is 783. The number of benzene rings is 1. The van der Waals surface area contributed by atoms with Crippen LogP contribution in [0.1, 0.15) is 43.7 Å². The van der Waals surface area contributed by atoms with E-state index in [2.05, 4.69) is 47.9 Å². The molecule has 2 fully saturated rings. The quantitative estimate of drug-likeness (QED) is 0.893. The fourth-order valence-corrected chi connectivity index (χ4v) is 4.84. The van der Waals surface area contributed by atoms with Crippen LogP contribution in [0.25, 0.3) is 10.9 Å². The van der Waals surface area contributed by atoms with Gasteiger partial charge in [0.25, 0.3) is 0 Å². The first-order valence-electron chi connectivity index (χ1n) is 10.7. The number of aliphatic hydroxyl groups excluding tert-OH is 1. The normalized spacial score (nSPS) is 22.5. The summed E-state index contributed by atoms with van der Waals surface area (Å²) in [5.74, 6) is 1.61. The Kier molecular flexibility index (Phi) is 5.65. The number of aryl methyl sites for hydroxylation is 2. The highest BCUT2D eigenvalue weighted by molar-refractivity contribution is 5.84. The summed E-state index contributed by atoms with van der Waals surface area (Å²) in [7, 11) is 0. The first-order chi connectivity index (χ1) is 13.2. The number of anilines is 1. The first kappa shape index (κ1) is 18.7. The van der Waals surface area contributed by atoms with Gasteiger partial charge in [-0.3, -0.25) is 4.90 Å². The molecule has 0 spiro atoms. The van der Waals surface area contributed by atoms with Crippen LogP contribution in [0.5, 0.6) is 0 Å². The highest BCUT2D eigenvalue weighted by atomic mass is 16.3. The van der Waals surface area contributed by atoms with Crippen molar-refractivity contribution in [3.63, 3.8) is 0 Å². The predicted molar refractivity (Wildman–Crippen MR) is 112 cm³/mol. The fourth-order valence-electron chi connectivity index (χ4n) is 4.84. The predicted octanol–water partition coefficient (Wildman–Crippen LogP) is 3.78. The third kappa shape index (κ3) is 3.97. The monoisotopic (exact) mass is 367 g/mol. The minimum absolute atomic E-state index is 0.343. The standard InChI is InChI=1S/C23H33N3O/c1-3-18-6-7-22-21(14-18)17(2)13-23(24-22)25-11-8-20(9-12-25)26-10-4-5-19(15-26)16-27/h6-7,13-14,19-20,27H,3-5,8-12,15-16H2,1-2H3.